The first-order valence-corrected chi connectivity index (χ1v) is 9.94. The van der Waals surface area contributed by atoms with E-state index in [-0.39, 0.29) is 16.7 Å². The molecule has 0 aliphatic heterocycles. The number of rotatable bonds is 5. The zero-order valence-electron chi connectivity index (χ0n) is 13.9. The number of thiazole rings is 2. The van der Waals surface area contributed by atoms with E-state index in [0.717, 1.165) is 5.56 Å². The van der Waals surface area contributed by atoms with Crippen molar-refractivity contribution in [1.82, 2.24) is 14.4 Å². The predicted molar refractivity (Wildman–Crippen MR) is 104 cm³/mol. The quantitative estimate of drug-likeness (QED) is 0.476. The van der Waals surface area contributed by atoms with Gasteiger partial charge in [-0.15, -0.1) is 22.7 Å². The Morgan fingerprint density at radius 1 is 1.21 bits per heavy atom. The summed E-state index contributed by atoms with van der Waals surface area (Å²) in [5, 5.41) is 6.39. The van der Waals surface area contributed by atoms with E-state index in [0.29, 0.717) is 15.8 Å². The average molecular weight is 437 g/mol. The Balaban J connectivity index is 1.37. The summed E-state index contributed by atoms with van der Waals surface area (Å²) in [6.07, 6.45) is 1.64. The van der Waals surface area contributed by atoms with Crippen LogP contribution in [-0.2, 0) is 9.53 Å². The van der Waals surface area contributed by atoms with Crippen molar-refractivity contribution in [3.8, 4) is 11.3 Å². The maximum absolute atomic E-state index is 13.0. The number of imidazole rings is 1. The van der Waals surface area contributed by atoms with Crippen LogP contribution in [0.2, 0.25) is 5.15 Å². The number of carbonyl (C=O) groups is 2. The fraction of sp³-hybridized carbons (Fsp3) is 0.0588. The van der Waals surface area contributed by atoms with Crippen molar-refractivity contribution < 1.29 is 18.7 Å². The Labute approximate surface area is 170 Å². The molecule has 1 N–H and O–H groups in total. The average Bonchev–Trinajstić information content (AvgIpc) is 3.36. The Morgan fingerprint density at radius 2 is 2.00 bits per heavy atom. The topological polar surface area (TPSA) is 85.6 Å². The van der Waals surface area contributed by atoms with Crippen molar-refractivity contribution in [2.24, 2.45) is 0 Å². The zero-order chi connectivity index (χ0) is 19.7. The van der Waals surface area contributed by atoms with Crippen molar-refractivity contribution in [1.29, 1.82) is 0 Å². The fourth-order valence-electron chi connectivity index (χ4n) is 2.38. The van der Waals surface area contributed by atoms with Crippen molar-refractivity contribution in [2.45, 2.75) is 0 Å². The number of fused-ring (bicyclic) bond motifs is 1. The minimum Gasteiger partial charge on any atom is -0.451 e. The fourth-order valence-corrected chi connectivity index (χ4v) is 4.13. The number of benzene rings is 1. The van der Waals surface area contributed by atoms with Gasteiger partial charge in [0.05, 0.1) is 5.69 Å². The number of esters is 1. The first-order chi connectivity index (χ1) is 13.5. The number of hydrogen-bond acceptors (Lipinski definition) is 7. The number of nitrogens with zero attached hydrogens (tertiary/aromatic N) is 3. The predicted octanol–water partition coefficient (Wildman–Crippen LogP) is 4.11. The molecule has 7 nitrogen and oxygen atoms in total. The number of anilines is 1. The van der Waals surface area contributed by atoms with Crippen LogP contribution in [0, 0.1) is 5.82 Å². The highest BCUT2D eigenvalue weighted by molar-refractivity contribution is 7.15. The van der Waals surface area contributed by atoms with Crippen LogP contribution in [0.15, 0.2) is 41.2 Å². The van der Waals surface area contributed by atoms with E-state index in [1.807, 2.05) is 0 Å². The number of ether oxygens (including phenoxy) is 1. The molecule has 28 heavy (non-hydrogen) atoms. The van der Waals surface area contributed by atoms with E-state index in [9.17, 15) is 14.0 Å². The Kier molecular flexibility index (Phi) is 5.07. The highest BCUT2D eigenvalue weighted by Gasteiger charge is 2.21. The van der Waals surface area contributed by atoms with Crippen LogP contribution >= 0.6 is 34.3 Å². The second-order valence-corrected chi connectivity index (χ2v) is 7.57. The van der Waals surface area contributed by atoms with E-state index < -0.39 is 18.5 Å². The first kappa shape index (κ1) is 18.5. The van der Waals surface area contributed by atoms with Crippen molar-refractivity contribution in [2.75, 3.05) is 11.9 Å². The molecule has 0 bridgehead atoms. The molecule has 0 radical (unpaired) electrons. The van der Waals surface area contributed by atoms with E-state index in [4.69, 9.17) is 16.3 Å². The zero-order valence-corrected chi connectivity index (χ0v) is 16.3. The highest BCUT2D eigenvalue weighted by atomic mass is 35.5. The lowest BCUT2D eigenvalue weighted by molar-refractivity contribution is -0.119. The Morgan fingerprint density at radius 3 is 2.79 bits per heavy atom. The molecular weight excluding hydrogens is 427 g/mol. The van der Waals surface area contributed by atoms with Gasteiger partial charge in [0.2, 0.25) is 0 Å². The van der Waals surface area contributed by atoms with Gasteiger partial charge in [0, 0.05) is 22.5 Å². The van der Waals surface area contributed by atoms with Gasteiger partial charge in [0.25, 0.3) is 5.91 Å². The van der Waals surface area contributed by atoms with Crippen LogP contribution in [0.4, 0.5) is 9.52 Å². The summed E-state index contributed by atoms with van der Waals surface area (Å²) in [4.78, 5) is 33.1. The monoisotopic (exact) mass is 436 g/mol. The molecule has 11 heteroatoms. The molecule has 1 amide bonds. The van der Waals surface area contributed by atoms with Crippen LogP contribution < -0.4 is 5.32 Å². The molecule has 0 aliphatic rings. The minimum atomic E-state index is -0.753. The normalized spacial score (nSPS) is 10.9. The third kappa shape index (κ3) is 3.75. The van der Waals surface area contributed by atoms with E-state index in [2.05, 4.69) is 15.3 Å². The molecule has 142 valence electrons. The molecule has 0 saturated carbocycles. The summed E-state index contributed by atoms with van der Waals surface area (Å²) >= 11 is 8.48. The smallest absolute Gasteiger partial charge is 0.359 e. The van der Waals surface area contributed by atoms with Crippen LogP contribution in [0.3, 0.4) is 0 Å². The van der Waals surface area contributed by atoms with Gasteiger partial charge in [0.1, 0.15) is 5.82 Å². The van der Waals surface area contributed by atoms with Gasteiger partial charge < -0.3 is 4.74 Å². The van der Waals surface area contributed by atoms with E-state index in [1.54, 1.807) is 29.1 Å². The number of hydrogen-bond donors (Lipinski definition) is 1. The first-order valence-electron chi connectivity index (χ1n) is 7.81. The van der Waals surface area contributed by atoms with Gasteiger partial charge in [-0.3, -0.25) is 14.5 Å². The lowest BCUT2D eigenvalue weighted by Gasteiger charge is -2.04. The summed E-state index contributed by atoms with van der Waals surface area (Å²) in [6.45, 7) is -0.502. The third-order valence-corrected chi connectivity index (χ3v) is 5.42. The number of halogens is 2. The second kappa shape index (κ2) is 7.66. The maximum atomic E-state index is 13.0. The third-order valence-electron chi connectivity index (χ3n) is 3.64. The SMILES string of the molecule is O=C(COC(=O)c1c(Cl)nc2sccn12)Nc1nc(-c2ccc(F)cc2)cs1. The molecule has 4 rings (SSSR count). The van der Waals surface area contributed by atoms with Gasteiger partial charge in [-0.05, 0) is 24.3 Å². The van der Waals surface area contributed by atoms with Crippen LogP contribution in [-0.4, -0.2) is 32.9 Å². The molecule has 3 heterocycles. The van der Waals surface area contributed by atoms with Crippen LogP contribution in [0.25, 0.3) is 16.2 Å². The molecule has 3 aromatic heterocycles. The minimum absolute atomic E-state index is 0.0149. The van der Waals surface area contributed by atoms with Crippen molar-refractivity contribution >= 4 is 56.2 Å². The van der Waals surface area contributed by atoms with Gasteiger partial charge in [0.15, 0.2) is 27.5 Å². The molecule has 0 fully saturated rings. The van der Waals surface area contributed by atoms with Gasteiger partial charge in [-0.1, -0.05) is 11.6 Å². The summed E-state index contributed by atoms with van der Waals surface area (Å²) in [5.41, 5.74) is 1.39. The van der Waals surface area contributed by atoms with E-state index in [1.165, 1.54) is 39.2 Å². The number of aromatic nitrogens is 3. The molecule has 1 aromatic carbocycles. The van der Waals surface area contributed by atoms with Crippen LogP contribution in [0.1, 0.15) is 10.5 Å². The number of carbonyl (C=O) groups excluding carboxylic acids is 2. The summed E-state index contributed by atoms with van der Waals surface area (Å²) in [5.74, 6) is -1.64. The summed E-state index contributed by atoms with van der Waals surface area (Å²) in [6, 6.07) is 5.85. The molecule has 0 unspecified atom stereocenters. The maximum Gasteiger partial charge on any atom is 0.359 e. The van der Waals surface area contributed by atoms with Gasteiger partial charge in [-0.2, -0.15) is 0 Å². The standard InChI is InChI=1S/C17H10ClFN4O3S2/c18-14-13(23-5-6-27-17(23)22-14)15(25)26-7-12(24)21-16-20-11(8-28-16)9-1-3-10(19)4-2-9/h1-6,8H,7H2,(H,20,21,24). The largest absolute Gasteiger partial charge is 0.451 e. The van der Waals surface area contributed by atoms with Crippen LogP contribution in [0.5, 0.6) is 0 Å². The molecule has 0 aliphatic carbocycles. The lowest BCUT2D eigenvalue weighted by atomic mass is 10.2. The highest BCUT2D eigenvalue weighted by Crippen LogP contribution is 2.25. The molecular formula is C17H10ClFN4O3S2. The lowest BCUT2D eigenvalue weighted by Crippen LogP contribution is -2.21. The second-order valence-electron chi connectivity index (χ2n) is 5.48. The molecule has 0 saturated heterocycles. The van der Waals surface area contributed by atoms with Gasteiger partial charge >= 0.3 is 5.97 Å². The van der Waals surface area contributed by atoms with Gasteiger partial charge in [-0.25, -0.2) is 19.2 Å². The Hall–Kier alpha value is -2.82. The van der Waals surface area contributed by atoms with Crippen molar-refractivity contribution in [3.63, 3.8) is 0 Å². The number of nitrogens with one attached hydrogen (secondary N) is 1. The molecule has 0 atom stereocenters. The van der Waals surface area contributed by atoms with Crippen molar-refractivity contribution in [3.05, 3.63) is 57.9 Å². The Bertz CT molecular complexity index is 1170. The number of amides is 1. The summed E-state index contributed by atoms with van der Waals surface area (Å²) in [7, 11) is 0. The summed E-state index contributed by atoms with van der Waals surface area (Å²) < 4.78 is 19.5. The molecule has 4 aromatic rings. The molecule has 0 spiro atoms. The van der Waals surface area contributed by atoms with E-state index >= 15 is 0 Å².